The van der Waals surface area contributed by atoms with Crippen molar-refractivity contribution in [1.29, 1.82) is 0 Å². The van der Waals surface area contributed by atoms with Gasteiger partial charge in [0.15, 0.2) is 0 Å². The summed E-state index contributed by atoms with van der Waals surface area (Å²) >= 11 is 5.60. The smallest absolute Gasteiger partial charge is 0.348 e. The molecule has 1 heterocycles. The molecule has 1 atom stereocenters. The van der Waals surface area contributed by atoms with E-state index in [2.05, 4.69) is 5.32 Å². The molecule has 2 aromatic rings. The van der Waals surface area contributed by atoms with Gasteiger partial charge >= 0.3 is 6.18 Å². The van der Waals surface area contributed by atoms with Crippen LogP contribution in [-0.2, 0) is 23.9 Å². The molecule has 1 N–H and O–H groups in total. The van der Waals surface area contributed by atoms with Gasteiger partial charge in [0.1, 0.15) is 11.6 Å². The fourth-order valence-corrected chi connectivity index (χ4v) is 3.40. The zero-order chi connectivity index (χ0) is 18.9. The van der Waals surface area contributed by atoms with Crippen molar-refractivity contribution in [2.24, 2.45) is 0 Å². The first-order chi connectivity index (χ1) is 12.3. The molecule has 1 aromatic heterocycles. The zero-order valence-corrected chi connectivity index (χ0v) is 14.4. The maximum absolute atomic E-state index is 12.9. The number of carbonyl (C=O) groups excluding carboxylic acids is 1. The fourth-order valence-electron chi connectivity index (χ4n) is 3.17. The number of rotatable bonds is 3. The van der Waals surface area contributed by atoms with Crippen LogP contribution in [0.1, 0.15) is 35.6 Å². The van der Waals surface area contributed by atoms with Crippen LogP contribution in [0.25, 0.3) is 0 Å². The second-order valence-corrected chi connectivity index (χ2v) is 6.63. The van der Waals surface area contributed by atoms with Gasteiger partial charge in [0.2, 0.25) is 5.91 Å². The van der Waals surface area contributed by atoms with E-state index in [4.69, 9.17) is 11.6 Å². The van der Waals surface area contributed by atoms with Crippen LogP contribution in [0.3, 0.4) is 0 Å². The van der Waals surface area contributed by atoms with Crippen molar-refractivity contribution in [3.8, 4) is 0 Å². The molecule has 1 aliphatic carbocycles. The summed E-state index contributed by atoms with van der Waals surface area (Å²) < 4.78 is 39.3. The summed E-state index contributed by atoms with van der Waals surface area (Å²) in [5.41, 5.74) is 0.238. The Hall–Kier alpha value is -2.28. The normalized spacial score (nSPS) is 16.8. The summed E-state index contributed by atoms with van der Waals surface area (Å²) in [6, 6.07) is 8.06. The Morgan fingerprint density at radius 1 is 1.31 bits per heavy atom. The molecule has 0 bridgehead atoms. The summed E-state index contributed by atoms with van der Waals surface area (Å²) in [6.45, 7) is -0.527. The predicted molar refractivity (Wildman–Crippen MR) is 91.0 cm³/mol. The second-order valence-electron chi connectivity index (χ2n) is 6.22. The maximum atomic E-state index is 12.9. The summed E-state index contributed by atoms with van der Waals surface area (Å²) in [5, 5.41) is 2.23. The van der Waals surface area contributed by atoms with Crippen LogP contribution in [-0.4, -0.2) is 10.5 Å². The van der Waals surface area contributed by atoms with Gasteiger partial charge in [0.25, 0.3) is 5.56 Å². The fraction of sp³-hybridized carbons (Fsp3) is 0.333. The topological polar surface area (TPSA) is 51.1 Å². The lowest BCUT2D eigenvalue weighted by atomic mass is 9.88. The molecule has 8 heteroatoms. The molecular weight excluding hydrogens is 369 g/mol. The van der Waals surface area contributed by atoms with Crippen LogP contribution >= 0.6 is 11.6 Å². The number of aromatic nitrogens is 1. The minimum atomic E-state index is -4.65. The lowest BCUT2D eigenvalue weighted by Gasteiger charge is -2.26. The molecule has 26 heavy (non-hydrogen) atoms. The van der Waals surface area contributed by atoms with Crippen LogP contribution < -0.4 is 10.9 Å². The van der Waals surface area contributed by atoms with Crippen LogP contribution in [0, 0.1) is 0 Å². The van der Waals surface area contributed by atoms with Crippen molar-refractivity contribution in [2.75, 3.05) is 0 Å². The molecule has 138 valence electrons. The molecule has 0 radical (unpaired) electrons. The number of hydrogen-bond donors (Lipinski definition) is 1. The third-order valence-corrected chi connectivity index (χ3v) is 4.66. The first-order valence-electron chi connectivity index (χ1n) is 8.10. The van der Waals surface area contributed by atoms with E-state index >= 15 is 0 Å². The summed E-state index contributed by atoms with van der Waals surface area (Å²) in [6.07, 6.45) is -1.48. The number of alkyl halides is 3. The third-order valence-electron chi connectivity index (χ3n) is 4.39. The molecule has 1 aliphatic rings. The van der Waals surface area contributed by atoms with Gasteiger partial charge < -0.3 is 9.88 Å². The highest BCUT2D eigenvalue weighted by molar-refractivity contribution is 6.30. The van der Waals surface area contributed by atoms with Gasteiger partial charge in [-0.15, -0.1) is 0 Å². The number of carbonyl (C=O) groups is 1. The average molecular weight is 385 g/mol. The molecule has 1 aromatic carbocycles. The Balaban J connectivity index is 1.79. The maximum Gasteiger partial charge on any atom is 0.417 e. The molecule has 3 rings (SSSR count). The summed E-state index contributed by atoms with van der Waals surface area (Å²) in [7, 11) is 0. The number of hydrogen-bond acceptors (Lipinski definition) is 2. The molecule has 0 spiro atoms. The van der Waals surface area contributed by atoms with Crippen molar-refractivity contribution >= 4 is 17.5 Å². The van der Waals surface area contributed by atoms with Crippen LogP contribution in [0.4, 0.5) is 13.2 Å². The van der Waals surface area contributed by atoms with Gasteiger partial charge in [-0.1, -0.05) is 35.9 Å². The largest absolute Gasteiger partial charge is 0.417 e. The summed E-state index contributed by atoms with van der Waals surface area (Å²) in [5.74, 6) is -0.538. The van der Waals surface area contributed by atoms with Crippen molar-refractivity contribution in [2.45, 2.75) is 38.0 Å². The van der Waals surface area contributed by atoms with Gasteiger partial charge in [-0.2, -0.15) is 13.2 Å². The number of benzene rings is 1. The number of halogens is 4. The zero-order valence-electron chi connectivity index (χ0n) is 13.6. The monoisotopic (exact) mass is 384 g/mol. The highest BCUT2D eigenvalue weighted by Crippen LogP contribution is 2.30. The number of amides is 1. The van der Waals surface area contributed by atoms with E-state index in [9.17, 15) is 22.8 Å². The van der Waals surface area contributed by atoms with E-state index in [0.29, 0.717) is 16.8 Å². The quantitative estimate of drug-likeness (QED) is 0.877. The van der Waals surface area contributed by atoms with Crippen molar-refractivity contribution in [3.63, 3.8) is 0 Å². The van der Waals surface area contributed by atoms with E-state index in [1.807, 2.05) is 24.3 Å². The van der Waals surface area contributed by atoms with E-state index in [0.717, 1.165) is 30.4 Å². The number of aryl methyl sites for hydroxylation is 1. The molecule has 1 amide bonds. The van der Waals surface area contributed by atoms with E-state index in [1.54, 1.807) is 0 Å². The van der Waals surface area contributed by atoms with E-state index < -0.39 is 34.8 Å². The van der Waals surface area contributed by atoms with Crippen molar-refractivity contribution < 1.29 is 18.0 Å². The van der Waals surface area contributed by atoms with Crippen LogP contribution in [0.5, 0.6) is 0 Å². The molecule has 0 unspecified atom stereocenters. The number of nitrogens with one attached hydrogen (secondary N) is 1. The molecular formula is C18H16ClF3N2O2. The predicted octanol–water partition coefficient (Wildman–Crippen LogP) is 3.71. The Labute approximate surface area is 152 Å². The van der Waals surface area contributed by atoms with Gasteiger partial charge in [-0.05, 0) is 36.5 Å². The lowest BCUT2D eigenvalue weighted by Crippen LogP contribution is -2.36. The van der Waals surface area contributed by atoms with Gasteiger partial charge in [-0.3, -0.25) is 9.59 Å². The first-order valence-corrected chi connectivity index (χ1v) is 8.48. The molecule has 0 saturated carbocycles. The third kappa shape index (κ3) is 3.93. The van der Waals surface area contributed by atoms with Gasteiger partial charge in [-0.25, -0.2) is 0 Å². The van der Waals surface area contributed by atoms with Gasteiger partial charge in [0.05, 0.1) is 11.6 Å². The molecule has 4 nitrogen and oxygen atoms in total. The number of fused-ring (bicyclic) bond motifs is 1. The van der Waals surface area contributed by atoms with E-state index in [1.165, 1.54) is 0 Å². The lowest BCUT2D eigenvalue weighted by molar-refractivity contribution is -0.138. The van der Waals surface area contributed by atoms with E-state index in [-0.39, 0.29) is 6.04 Å². The van der Waals surface area contributed by atoms with Crippen molar-refractivity contribution in [1.82, 2.24) is 9.88 Å². The Morgan fingerprint density at radius 2 is 2.04 bits per heavy atom. The van der Waals surface area contributed by atoms with Gasteiger partial charge in [0, 0.05) is 6.20 Å². The average Bonchev–Trinajstić information content (AvgIpc) is 2.58. The minimum absolute atomic E-state index is 0.218. The molecule has 0 fully saturated rings. The second kappa shape index (κ2) is 7.15. The van der Waals surface area contributed by atoms with Crippen LogP contribution in [0.2, 0.25) is 5.02 Å². The first kappa shape index (κ1) is 18.5. The number of pyridine rings is 1. The van der Waals surface area contributed by atoms with Crippen LogP contribution in [0.15, 0.2) is 41.3 Å². The molecule has 0 saturated heterocycles. The Morgan fingerprint density at radius 3 is 2.77 bits per heavy atom. The summed E-state index contributed by atoms with van der Waals surface area (Å²) in [4.78, 5) is 24.3. The SMILES string of the molecule is O=C(Cn1cc(C(F)(F)F)cc(Cl)c1=O)N[C@@H]1CCCc2ccccc21. The Bertz CT molecular complexity index is 893. The number of nitrogens with zero attached hydrogens (tertiary/aromatic N) is 1. The standard InChI is InChI=1S/C18H16ClF3N2O2/c19-14-8-12(18(20,21)22)9-24(17(14)26)10-16(25)23-15-7-3-5-11-4-1-2-6-13(11)15/h1-2,4,6,8-9,15H,3,5,7,10H2,(H,23,25)/t15-/m1/s1. The Kier molecular flexibility index (Phi) is 5.09. The minimum Gasteiger partial charge on any atom is -0.348 e. The molecule has 0 aliphatic heterocycles. The van der Waals surface area contributed by atoms with Crippen molar-refractivity contribution in [3.05, 3.63) is 68.6 Å². The highest BCUT2D eigenvalue weighted by Gasteiger charge is 2.32. The highest BCUT2D eigenvalue weighted by atomic mass is 35.5.